The van der Waals surface area contributed by atoms with Crippen molar-refractivity contribution in [3.05, 3.63) is 27.7 Å². The summed E-state index contributed by atoms with van der Waals surface area (Å²) in [6.07, 6.45) is 3.69. The molecule has 1 saturated heterocycles. The SMILES string of the molecule is Cc1cc(=O)c(O)c(CN2C[C@]3(C)C[C@H]2CC(C)(C)C3)n1C. The summed E-state index contributed by atoms with van der Waals surface area (Å²) in [5, 5.41) is 10.2. The Bertz CT molecular complexity index is 662. The Morgan fingerprint density at radius 1 is 1.32 bits per heavy atom. The molecule has 2 atom stereocenters. The molecule has 2 aliphatic rings. The van der Waals surface area contributed by atoms with E-state index in [1.54, 1.807) is 0 Å². The van der Waals surface area contributed by atoms with E-state index in [1.807, 2.05) is 18.5 Å². The average Bonchev–Trinajstić information content (AvgIpc) is 2.61. The maximum absolute atomic E-state index is 11.9. The van der Waals surface area contributed by atoms with Gasteiger partial charge in [-0.1, -0.05) is 20.8 Å². The zero-order valence-electron chi connectivity index (χ0n) is 14.4. The lowest BCUT2D eigenvalue weighted by molar-refractivity contribution is 0.126. The minimum absolute atomic E-state index is 0.0843. The van der Waals surface area contributed by atoms with E-state index in [4.69, 9.17) is 0 Å². The largest absolute Gasteiger partial charge is 0.503 e. The molecular weight excluding hydrogens is 276 g/mol. The van der Waals surface area contributed by atoms with Crippen LogP contribution >= 0.6 is 0 Å². The van der Waals surface area contributed by atoms with Crippen LogP contribution in [0.15, 0.2) is 10.9 Å². The van der Waals surface area contributed by atoms with Crippen molar-refractivity contribution < 1.29 is 5.11 Å². The van der Waals surface area contributed by atoms with Crippen molar-refractivity contribution >= 4 is 0 Å². The predicted molar refractivity (Wildman–Crippen MR) is 88.0 cm³/mol. The fourth-order valence-electron chi connectivity index (χ4n) is 5.00. The number of hydrogen-bond donors (Lipinski definition) is 1. The van der Waals surface area contributed by atoms with E-state index in [0.29, 0.717) is 23.4 Å². The number of fused-ring (bicyclic) bond motifs is 2. The molecular formula is C18H28N2O2. The Morgan fingerprint density at radius 2 is 2.00 bits per heavy atom. The first kappa shape index (κ1) is 15.6. The lowest BCUT2D eigenvalue weighted by Crippen LogP contribution is -2.35. The lowest BCUT2D eigenvalue weighted by Gasteiger charge is -2.40. The van der Waals surface area contributed by atoms with Crippen molar-refractivity contribution in [3.63, 3.8) is 0 Å². The second-order valence-corrected chi connectivity index (χ2v) is 8.62. The van der Waals surface area contributed by atoms with Gasteiger partial charge in [-0.15, -0.1) is 0 Å². The third-order valence-corrected chi connectivity index (χ3v) is 5.66. The number of pyridine rings is 1. The summed E-state index contributed by atoms with van der Waals surface area (Å²) < 4.78 is 1.95. The molecule has 22 heavy (non-hydrogen) atoms. The molecule has 1 N–H and O–H groups in total. The first-order valence-electron chi connectivity index (χ1n) is 8.23. The molecule has 2 fully saturated rings. The highest BCUT2D eigenvalue weighted by molar-refractivity contribution is 5.29. The number of nitrogens with zero attached hydrogens (tertiary/aromatic N) is 2. The van der Waals surface area contributed by atoms with Crippen LogP contribution in [0.5, 0.6) is 5.75 Å². The molecule has 0 amide bonds. The van der Waals surface area contributed by atoms with Gasteiger partial charge in [0, 0.05) is 37.9 Å². The van der Waals surface area contributed by atoms with Crippen LogP contribution in [-0.2, 0) is 13.6 Å². The molecule has 122 valence electrons. The highest BCUT2D eigenvalue weighted by atomic mass is 16.3. The van der Waals surface area contributed by atoms with Gasteiger partial charge in [0.15, 0.2) is 5.75 Å². The van der Waals surface area contributed by atoms with E-state index >= 15 is 0 Å². The second kappa shape index (κ2) is 4.85. The van der Waals surface area contributed by atoms with Gasteiger partial charge in [0.25, 0.3) is 0 Å². The maximum atomic E-state index is 11.9. The van der Waals surface area contributed by atoms with Crippen molar-refractivity contribution in [1.82, 2.24) is 9.47 Å². The van der Waals surface area contributed by atoms with Gasteiger partial charge in [0.05, 0.1) is 5.69 Å². The maximum Gasteiger partial charge on any atom is 0.223 e. The van der Waals surface area contributed by atoms with Gasteiger partial charge in [-0.05, 0) is 37.0 Å². The average molecular weight is 304 g/mol. The van der Waals surface area contributed by atoms with Gasteiger partial charge >= 0.3 is 0 Å². The summed E-state index contributed by atoms with van der Waals surface area (Å²) in [4.78, 5) is 14.4. The van der Waals surface area contributed by atoms with Gasteiger partial charge in [-0.2, -0.15) is 0 Å². The molecule has 0 unspecified atom stereocenters. The third kappa shape index (κ3) is 2.58. The van der Waals surface area contributed by atoms with Crippen LogP contribution in [-0.4, -0.2) is 27.2 Å². The standard InChI is InChI=1S/C18H28N2O2/c1-12-6-15(21)16(22)14(19(12)5)9-20-11-18(4)8-13(20)7-17(2,3)10-18/h6,13,22H,7-11H2,1-5H3/t13-,18-/m1/s1. The smallest absolute Gasteiger partial charge is 0.223 e. The minimum atomic E-state index is -0.265. The molecule has 0 radical (unpaired) electrons. The first-order valence-corrected chi connectivity index (χ1v) is 8.23. The zero-order chi connectivity index (χ0) is 16.3. The summed E-state index contributed by atoms with van der Waals surface area (Å²) in [6, 6.07) is 2.06. The van der Waals surface area contributed by atoms with Crippen molar-refractivity contribution in [2.24, 2.45) is 17.9 Å². The quantitative estimate of drug-likeness (QED) is 0.914. The first-order chi connectivity index (χ1) is 10.1. The van der Waals surface area contributed by atoms with Gasteiger partial charge < -0.3 is 9.67 Å². The molecule has 2 bridgehead atoms. The number of hydrogen-bond acceptors (Lipinski definition) is 3. The molecule has 1 aliphatic carbocycles. The second-order valence-electron chi connectivity index (χ2n) is 8.62. The Morgan fingerprint density at radius 3 is 2.68 bits per heavy atom. The van der Waals surface area contributed by atoms with E-state index in [1.165, 1.54) is 25.3 Å². The van der Waals surface area contributed by atoms with E-state index in [-0.39, 0.29) is 11.2 Å². The van der Waals surface area contributed by atoms with Gasteiger partial charge in [-0.25, -0.2) is 0 Å². The van der Waals surface area contributed by atoms with E-state index < -0.39 is 0 Å². The molecule has 4 nitrogen and oxygen atoms in total. The highest BCUT2D eigenvalue weighted by Crippen LogP contribution is 2.52. The molecule has 1 saturated carbocycles. The zero-order valence-corrected chi connectivity index (χ0v) is 14.4. The van der Waals surface area contributed by atoms with Crippen LogP contribution in [0.1, 0.15) is 51.4 Å². The number of likely N-dealkylation sites (tertiary alicyclic amines) is 1. The van der Waals surface area contributed by atoms with Crippen molar-refractivity contribution in [3.8, 4) is 5.75 Å². The van der Waals surface area contributed by atoms with E-state index in [2.05, 4.69) is 25.7 Å². The van der Waals surface area contributed by atoms with Crippen LogP contribution in [0, 0.1) is 17.8 Å². The summed E-state index contributed by atoms with van der Waals surface area (Å²) in [6.45, 7) is 10.7. The van der Waals surface area contributed by atoms with Crippen LogP contribution in [0.4, 0.5) is 0 Å². The third-order valence-electron chi connectivity index (χ3n) is 5.66. The topological polar surface area (TPSA) is 45.5 Å². The molecule has 0 spiro atoms. The minimum Gasteiger partial charge on any atom is -0.503 e. The highest BCUT2D eigenvalue weighted by Gasteiger charge is 2.49. The summed E-state index contributed by atoms with van der Waals surface area (Å²) in [5.74, 6) is -0.0843. The number of aromatic hydroxyl groups is 1. The molecule has 1 aliphatic heterocycles. The monoisotopic (exact) mass is 304 g/mol. The predicted octanol–water partition coefficient (Wildman–Crippen LogP) is 2.80. The van der Waals surface area contributed by atoms with Crippen LogP contribution in [0.2, 0.25) is 0 Å². The number of rotatable bonds is 2. The van der Waals surface area contributed by atoms with Crippen LogP contribution in [0.3, 0.4) is 0 Å². The Kier molecular flexibility index (Phi) is 3.44. The van der Waals surface area contributed by atoms with Gasteiger partial charge in [0.1, 0.15) is 0 Å². The number of aromatic nitrogens is 1. The van der Waals surface area contributed by atoms with Crippen LogP contribution < -0.4 is 5.43 Å². The molecule has 1 aromatic rings. The molecule has 0 aromatic carbocycles. The van der Waals surface area contributed by atoms with Crippen molar-refractivity contribution in [1.29, 1.82) is 0 Å². The van der Waals surface area contributed by atoms with E-state index in [9.17, 15) is 9.90 Å². The number of aryl methyl sites for hydroxylation is 1. The van der Waals surface area contributed by atoms with Gasteiger partial charge in [-0.3, -0.25) is 9.69 Å². The Labute approximate surface area is 132 Å². The van der Waals surface area contributed by atoms with Crippen molar-refractivity contribution in [2.75, 3.05) is 6.54 Å². The van der Waals surface area contributed by atoms with Gasteiger partial charge in [0.2, 0.25) is 5.43 Å². The van der Waals surface area contributed by atoms with Crippen LogP contribution in [0.25, 0.3) is 0 Å². The lowest BCUT2D eigenvalue weighted by atomic mass is 9.65. The Balaban J connectivity index is 1.91. The molecule has 4 heteroatoms. The molecule has 1 aromatic heterocycles. The fourth-order valence-corrected chi connectivity index (χ4v) is 5.00. The molecule has 2 heterocycles. The summed E-state index contributed by atoms with van der Waals surface area (Å²) >= 11 is 0. The van der Waals surface area contributed by atoms with E-state index in [0.717, 1.165) is 17.9 Å². The van der Waals surface area contributed by atoms with Crippen molar-refractivity contribution in [2.45, 2.75) is 59.5 Å². The molecule has 3 rings (SSSR count). The fraction of sp³-hybridized carbons (Fsp3) is 0.722. The Hall–Kier alpha value is -1.29. The normalized spacial score (nSPS) is 30.7. The summed E-state index contributed by atoms with van der Waals surface area (Å²) in [7, 11) is 1.93. The summed E-state index contributed by atoms with van der Waals surface area (Å²) in [5.41, 5.74) is 2.13.